The molecule has 1 atom stereocenters. The van der Waals surface area contributed by atoms with Gasteiger partial charge in [-0.3, -0.25) is 9.67 Å². The minimum atomic E-state index is -0.280. The van der Waals surface area contributed by atoms with Crippen LogP contribution in [0.3, 0.4) is 0 Å². The van der Waals surface area contributed by atoms with E-state index in [-0.39, 0.29) is 12.1 Å². The summed E-state index contributed by atoms with van der Waals surface area (Å²) in [4.78, 5) is 15.9. The number of urea groups is 1. The van der Waals surface area contributed by atoms with E-state index in [0.29, 0.717) is 18.8 Å². The van der Waals surface area contributed by atoms with Gasteiger partial charge in [-0.25, -0.2) is 4.79 Å². The number of hydrogen-bond acceptors (Lipinski definition) is 4. The largest absolute Gasteiger partial charge is 0.383 e. The van der Waals surface area contributed by atoms with Gasteiger partial charge in [0.2, 0.25) is 0 Å². The van der Waals surface area contributed by atoms with Crippen molar-refractivity contribution in [3.05, 3.63) is 42.5 Å². The van der Waals surface area contributed by atoms with Crippen molar-refractivity contribution in [3.63, 3.8) is 0 Å². The summed E-state index contributed by atoms with van der Waals surface area (Å²) in [5, 5.41) is 9.72. The van der Waals surface area contributed by atoms with Gasteiger partial charge in [0, 0.05) is 25.7 Å². The van der Waals surface area contributed by atoms with Gasteiger partial charge in [-0.1, -0.05) is 6.07 Å². The van der Waals surface area contributed by atoms with Crippen LogP contribution < -0.4 is 10.6 Å². The normalized spacial score (nSPS) is 11.9. The van der Waals surface area contributed by atoms with Crippen molar-refractivity contribution >= 4 is 11.7 Å². The van der Waals surface area contributed by atoms with Crippen LogP contribution in [0.15, 0.2) is 36.9 Å². The van der Waals surface area contributed by atoms with Crippen LogP contribution in [0, 0.1) is 0 Å². The van der Waals surface area contributed by atoms with E-state index in [1.165, 1.54) is 0 Å². The van der Waals surface area contributed by atoms with Gasteiger partial charge in [0.1, 0.15) is 0 Å². The van der Waals surface area contributed by atoms with E-state index >= 15 is 0 Å². The summed E-state index contributed by atoms with van der Waals surface area (Å²) in [6.07, 6.45) is 6.79. The molecule has 0 fully saturated rings. The summed E-state index contributed by atoms with van der Waals surface area (Å²) in [5.74, 6) is 0. The third-order valence-electron chi connectivity index (χ3n) is 2.95. The lowest BCUT2D eigenvalue weighted by Crippen LogP contribution is -2.31. The van der Waals surface area contributed by atoms with Crippen molar-refractivity contribution in [2.75, 3.05) is 19.0 Å². The van der Waals surface area contributed by atoms with Gasteiger partial charge in [-0.2, -0.15) is 5.10 Å². The number of aromatic nitrogens is 3. The lowest BCUT2D eigenvalue weighted by Gasteiger charge is -2.13. The fraction of sp³-hybridized carbons (Fsp3) is 0.357. The zero-order valence-corrected chi connectivity index (χ0v) is 12.1. The SMILES string of the molecule is COCCn1cc(NC(=O)N[C@@H](C)c2cccnc2)cn1. The molecule has 0 radical (unpaired) electrons. The number of methoxy groups -OCH3 is 1. The molecular weight excluding hydrogens is 270 g/mol. The van der Waals surface area contributed by atoms with E-state index in [4.69, 9.17) is 4.74 Å². The Labute approximate surface area is 123 Å². The first-order valence-electron chi connectivity index (χ1n) is 6.68. The number of ether oxygens (including phenoxy) is 1. The highest BCUT2D eigenvalue weighted by atomic mass is 16.5. The van der Waals surface area contributed by atoms with E-state index in [1.807, 2.05) is 19.1 Å². The molecule has 0 saturated heterocycles. The van der Waals surface area contributed by atoms with Gasteiger partial charge in [0.15, 0.2) is 0 Å². The third-order valence-corrected chi connectivity index (χ3v) is 2.95. The molecular formula is C14H19N5O2. The summed E-state index contributed by atoms with van der Waals surface area (Å²) in [6.45, 7) is 3.12. The second-order valence-electron chi connectivity index (χ2n) is 4.59. The highest BCUT2D eigenvalue weighted by Gasteiger charge is 2.10. The zero-order valence-electron chi connectivity index (χ0n) is 12.1. The minimum Gasteiger partial charge on any atom is -0.383 e. The first-order chi connectivity index (χ1) is 10.2. The molecule has 21 heavy (non-hydrogen) atoms. The molecule has 2 aromatic rings. The summed E-state index contributed by atoms with van der Waals surface area (Å²) < 4.78 is 6.68. The van der Waals surface area contributed by atoms with Gasteiger partial charge in [0.05, 0.1) is 31.1 Å². The number of amides is 2. The highest BCUT2D eigenvalue weighted by Crippen LogP contribution is 2.10. The van der Waals surface area contributed by atoms with Gasteiger partial charge >= 0.3 is 6.03 Å². The summed E-state index contributed by atoms with van der Waals surface area (Å²) in [7, 11) is 1.63. The Hall–Kier alpha value is -2.41. The Morgan fingerprint density at radius 1 is 1.48 bits per heavy atom. The van der Waals surface area contributed by atoms with Crippen LogP contribution in [-0.2, 0) is 11.3 Å². The molecule has 7 nitrogen and oxygen atoms in total. The minimum absolute atomic E-state index is 0.123. The monoisotopic (exact) mass is 289 g/mol. The first-order valence-corrected chi connectivity index (χ1v) is 6.68. The summed E-state index contributed by atoms with van der Waals surface area (Å²) >= 11 is 0. The third kappa shape index (κ3) is 4.57. The van der Waals surface area contributed by atoms with E-state index < -0.39 is 0 Å². The Balaban J connectivity index is 1.85. The molecule has 0 aliphatic rings. The topological polar surface area (TPSA) is 81.1 Å². The molecule has 2 heterocycles. The van der Waals surface area contributed by atoms with E-state index in [0.717, 1.165) is 5.56 Å². The summed E-state index contributed by atoms with van der Waals surface area (Å²) in [5.41, 5.74) is 1.59. The van der Waals surface area contributed by atoms with Crippen molar-refractivity contribution < 1.29 is 9.53 Å². The van der Waals surface area contributed by atoms with Crippen molar-refractivity contribution in [2.45, 2.75) is 19.5 Å². The van der Waals surface area contributed by atoms with Crippen LogP contribution >= 0.6 is 0 Å². The van der Waals surface area contributed by atoms with Crippen LogP contribution in [0.4, 0.5) is 10.5 Å². The second kappa shape index (κ2) is 7.39. The number of carbonyl (C=O) groups excluding carboxylic acids is 1. The van der Waals surface area contributed by atoms with E-state index in [2.05, 4.69) is 20.7 Å². The predicted octanol–water partition coefficient (Wildman–Crippen LogP) is 1.81. The molecule has 2 amide bonds. The molecule has 0 saturated carbocycles. The van der Waals surface area contributed by atoms with Crippen molar-refractivity contribution in [2.24, 2.45) is 0 Å². The Bertz CT molecular complexity index is 570. The van der Waals surface area contributed by atoms with Crippen LogP contribution in [-0.4, -0.2) is 34.5 Å². The number of pyridine rings is 1. The zero-order chi connectivity index (χ0) is 15.1. The fourth-order valence-electron chi connectivity index (χ4n) is 1.81. The number of carbonyl (C=O) groups is 1. The number of anilines is 1. The molecule has 7 heteroatoms. The Kier molecular flexibility index (Phi) is 5.28. The molecule has 0 spiro atoms. The van der Waals surface area contributed by atoms with Gasteiger partial charge in [-0.15, -0.1) is 0 Å². The molecule has 2 aromatic heterocycles. The highest BCUT2D eigenvalue weighted by molar-refractivity contribution is 5.89. The first kappa shape index (κ1) is 15.0. The average molecular weight is 289 g/mol. The van der Waals surface area contributed by atoms with Gasteiger partial charge in [-0.05, 0) is 18.6 Å². The Morgan fingerprint density at radius 3 is 3.05 bits per heavy atom. The average Bonchev–Trinajstić information content (AvgIpc) is 2.93. The number of nitrogens with zero attached hydrogens (tertiary/aromatic N) is 3. The molecule has 0 bridgehead atoms. The maximum Gasteiger partial charge on any atom is 0.319 e. The van der Waals surface area contributed by atoms with Crippen LogP contribution in [0.1, 0.15) is 18.5 Å². The molecule has 0 aliphatic carbocycles. The molecule has 0 aliphatic heterocycles. The summed E-state index contributed by atoms with van der Waals surface area (Å²) in [6, 6.07) is 3.35. The van der Waals surface area contributed by atoms with Crippen molar-refractivity contribution in [1.82, 2.24) is 20.1 Å². The lowest BCUT2D eigenvalue weighted by atomic mass is 10.1. The van der Waals surface area contributed by atoms with Crippen LogP contribution in [0.5, 0.6) is 0 Å². The molecule has 2 rings (SSSR count). The molecule has 112 valence electrons. The fourth-order valence-corrected chi connectivity index (χ4v) is 1.81. The molecule has 2 N–H and O–H groups in total. The number of rotatable bonds is 6. The molecule has 0 unspecified atom stereocenters. The Morgan fingerprint density at radius 2 is 2.33 bits per heavy atom. The number of hydrogen-bond donors (Lipinski definition) is 2. The maximum atomic E-state index is 11.9. The van der Waals surface area contributed by atoms with Gasteiger partial charge < -0.3 is 15.4 Å². The van der Waals surface area contributed by atoms with Crippen molar-refractivity contribution in [1.29, 1.82) is 0 Å². The van der Waals surface area contributed by atoms with Crippen LogP contribution in [0.2, 0.25) is 0 Å². The van der Waals surface area contributed by atoms with E-state index in [9.17, 15) is 4.79 Å². The lowest BCUT2D eigenvalue weighted by molar-refractivity contribution is 0.183. The molecule has 0 aromatic carbocycles. The van der Waals surface area contributed by atoms with Crippen molar-refractivity contribution in [3.8, 4) is 0 Å². The number of nitrogens with one attached hydrogen (secondary N) is 2. The van der Waals surface area contributed by atoms with Gasteiger partial charge in [0.25, 0.3) is 0 Å². The van der Waals surface area contributed by atoms with Crippen LogP contribution in [0.25, 0.3) is 0 Å². The van der Waals surface area contributed by atoms with E-state index in [1.54, 1.807) is 36.6 Å². The maximum absolute atomic E-state index is 11.9. The predicted molar refractivity (Wildman–Crippen MR) is 78.9 cm³/mol. The second-order valence-corrected chi connectivity index (χ2v) is 4.59. The smallest absolute Gasteiger partial charge is 0.319 e. The quantitative estimate of drug-likeness (QED) is 0.849. The standard InChI is InChI=1S/C14H19N5O2/c1-11(12-4-3-5-15-8-12)17-14(20)18-13-9-16-19(10-13)6-7-21-2/h3-5,8-11H,6-7H2,1-2H3,(H2,17,18,20)/t11-/m0/s1.